The molecule has 136 valence electrons. The van der Waals surface area contributed by atoms with Crippen LogP contribution in [0.5, 0.6) is 5.75 Å². The van der Waals surface area contributed by atoms with Crippen LogP contribution in [0.2, 0.25) is 0 Å². The maximum Gasteiger partial charge on any atom is 0.271 e. The number of para-hydroxylation sites is 1. The van der Waals surface area contributed by atoms with Crippen molar-refractivity contribution in [3.63, 3.8) is 0 Å². The van der Waals surface area contributed by atoms with Crippen LogP contribution in [-0.4, -0.2) is 12.0 Å². The Hall–Kier alpha value is -3.14. The second-order valence-corrected chi connectivity index (χ2v) is 6.84. The van der Waals surface area contributed by atoms with Gasteiger partial charge in [-0.2, -0.15) is 0 Å². The van der Waals surface area contributed by atoms with Crippen molar-refractivity contribution in [2.75, 3.05) is 4.90 Å². The van der Waals surface area contributed by atoms with Gasteiger partial charge >= 0.3 is 0 Å². The standard InChI is InChI=1S/C23H20FNO2/c1-15-7-9-17(10-8-15)21-22(27-20-6-4-3-5-16(20)2)23(26)25(21)19-13-11-18(24)12-14-19/h3-14,21-22H,1-2H3/t21-,22-/m1/s1. The SMILES string of the molecule is Cc1ccc([C@@H]2[C@@H](Oc3ccccc3C)C(=O)N2c2ccc(F)cc2)cc1. The number of nitrogens with zero attached hydrogens (tertiary/aromatic N) is 1. The van der Waals surface area contributed by atoms with Crippen LogP contribution in [0.15, 0.2) is 72.8 Å². The molecule has 4 heteroatoms. The molecule has 1 amide bonds. The number of carbonyl (C=O) groups excluding carboxylic acids is 1. The lowest BCUT2D eigenvalue weighted by Gasteiger charge is -2.46. The summed E-state index contributed by atoms with van der Waals surface area (Å²) in [5.41, 5.74) is 3.78. The molecular weight excluding hydrogens is 341 g/mol. The number of anilines is 1. The summed E-state index contributed by atoms with van der Waals surface area (Å²) in [6.07, 6.45) is -0.612. The number of hydrogen-bond acceptors (Lipinski definition) is 2. The fourth-order valence-corrected chi connectivity index (χ4v) is 3.38. The molecular formula is C23H20FNO2. The van der Waals surface area contributed by atoms with Crippen LogP contribution in [-0.2, 0) is 4.79 Å². The molecule has 0 spiro atoms. The lowest BCUT2D eigenvalue weighted by atomic mass is 9.89. The van der Waals surface area contributed by atoms with Gasteiger partial charge in [-0.05, 0) is 55.3 Å². The van der Waals surface area contributed by atoms with Gasteiger partial charge in [-0.1, -0.05) is 48.0 Å². The number of halogens is 1. The molecule has 0 N–H and O–H groups in total. The van der Waals surface area contributed by atoms with E-state index in [0.717, 1.165) is 16.7 Å². The molecule has 0 unspecified atom stereocenters. The van der Waals surface area contributed by atoms with Gasteiger partial charge < -0.3 is 4.74 Å². The molecule has 0 saturated carbocycles. The van der Waals surface area contributed by atoms with Crippen molar-refractivity contribution < 1.29 is 13.9 Å². The van der Waals surface area contributed by atoms with E-state index in [1.54, 1.807) is 17.0 Å². The molecule has 0 aliphatic carbocycles. The monoisotopic (exact) mass is 361 g/mol. The molecule has 2 atom stereocenters. The summed E-state index contributed by atoms with van der Waals surface area (Å²) in [5.74, 6) is 0.244. The molecule has 0 radical (unpaired) electrons. The number of β-lactam (4-membered cyclic amide) rings is 1. The Kier molecular flexibility index (Phi) is 4.40. The third-order valence-corrected chi connectivity index (χ3v) is 4.92. The van der Waals surface area contributed by atoms with Crippen LogP contribution in [0, 0.1) is 19.7 Å². The summed E-state index contributed by atoms with van der Waals surface area (Å²) >= 11 is 0. The van der Waals surface area contributed by atoms with Crippen molar-refractivity contribution in [2.24, 2.45) is 0 Å². The van der Waals surface area contributed by atoms with E-state index in [1.807, 2.05) is 62.4 Å². The van der Waals surface area contributed by atoms with Crippen molar-refractivity contribution in [3.05, 3.63) is 95.3 Å². The number of amides is 1. The number of ether oxygens (including phenoxy) is 1. The minimum atomic E-state index is -0.612. The predicted molar refractivity (Wildman–Crippen MR) is 103 cm³/mol. The van der Waals surface area contributed by atoms with E-state index in [0.29, 0.717) is 11.4 Å². The van der Waals surface area contributed by atoms with Gasteiger partial charge in [-0.15, -0.1) is 0 Å². The van der Waals surface area contributed by atoms with Crippen LogP contribution in [0.1, 0.15) is 22.7 Å². The van der Waals surface area contributed by atoms with Gasteiger partial charge in [-0.3, -0.25) is 9.69 Å². The Balaban J connectivity index is 1.70. The summed E-state index contributed by atoms with van der Waals surface area (Å²) in [4.78, 5) is 14.6. The van der Waals surface area contributed by atoms with Gasteiger partial charge in [0.1, 0.15) is 17.6 Å². The number of hydrogen-bond donors (Lipinski definition) is 0. The average molecular weight is 361 g/mol. The third kappa shape index (κ3) is 3.19. The second-order valence-electron chi connectivity index (χ2n) is 6.84. The summed E-state index contributed by atoms with van der Waals surface area (Å²) in [6, 6.07) is 21.4. The Labute approximate surface area is 158 Å². The number of carbonyl (C=O) groups is 1. The minimum absolute atomic E-state index is 0.129. The van der Waals surface area contributed by atoms with E-state index in [1.165, 1.54) is 12.1 Å². The van der Waals surface area contributed by atoms with Crippen LogP contribution < -0.4 is 9.64 Å². The van der Waals surface area contributed by atoms with Gasteiger partial charge in [0.25, 0.3) is 5.91 Å². The van der Waals surface area contributed by atoms with E-state index in [4.69, 9.17) is 4.74 Å². The molecule has 3 nitrogen and oxygen atoms in total. The van der Waals surface area contributed by atoms with Crippen molar-refractivity contribution in [3.8, 4) is 5.75 Å². The fourth-order valence-electron chi connectivity index (χ4n) is 3.38. The van der Waals surface area contributed by atoms with Gasteiger partial charge in [0.15, 0.2) is 0 Å². The fraction of sp³-hybridized carbons (Fsp3) is 0.174. The van der Waals surface area contributed by atoms with E-state index < -0.39 is 6.10 Å². The first-order valence-electron chi connectivity index (χ1n) is 8.92. The maximum absolute atomic E-state index is 13.3. The number of aryl methyl sites for hydroxylation is 2. The lowest BCUT2D eigenvalue weighted by Crippen LogP contribution is -2.61. The maximum atomic E-state index is 13.3. The molecule has 3 aromatic rings. The highest BCUT2D eigenvalue weighted by molar-refractivity contribution is 6.05. The smallest absolute Gasteiger partial charge is 0.271 e. The van der Waals surface area contributed by atoms with Crippen LogP contribution >= 0.6 is 0 Å². The molecule has 27 heavy (non-hydrogen) atoms. The zero-order valence-electron chi connectivity index (χ0n) is 15.2. The zero-order chi connectivity index (χ0) is 19.0. The van der Waals surface area contributed by atoms with Crippen LogP contribution in [0.4, 0.5) is 10.1 Å². The lowest BCUT2D eigenvalue weighted by molar-refractivity contribution is -0.135. The first kappa shape index (κ1) is 17.3. The number of rotatable bonds is 4. The molecule has 1 heterocycles. The first-order chi connectivity index (χ1) is 13.0. The second kappa shape index (κ2) is 6.88. The predicted octanol–water partition coefficient (Wildman–Crippen LogP) is 4.98. The summed E-state index contributed by atoms with van der Waals surface area (Å²) in [7, 11) is 0. The molecule has 4 rings (SSSR count). The number of benzene rings is 3. The van der Waals surface area contributed by atoms with E-state index >= 15 is 0 Å². The van der Waals surface area contributed by atoms with Crippen molar-refractivity contribution in [1.29, 1.82) is 0 Å². The molecule has 1 aliphatic heterocycles. The van der Waals surface area contributed by atoms with E-state index in [9.17, 15) is 9.18 Å². The molecule has 3 aromatic carbocycles. The molecule has 1 saturated heterocycles. The van der Waals surface area contributed by atoms with Crippen molar-refractivity contribution in [1.82, 2.24) is 0 Å². The summed E-state index contributed by atoms with van der Waals surface area (Å²) in [5, 5.41) is 0. The topological polar surface area (TPSA) is 29.5 Å². The first-order valence-corrected chi connectivity index (χ1v) is 8.92. The van der Waals surface area contributed by atoms with E-state index in [2.05, 4.69) is 0 Å². The Bertz CT molecular complexity index is 966. The molecule has 1 aliphatic rings. The largest absolute Gasteiger partial charge is 0.478 e. The van der Waals surface area contributed by atoms with Crippen LogP contribution in [0.3, 0.4) is 0 Å². The third-order valence-electron chi connectivity index (χ3n) is 4.92. The Morgan fingerprint density at radius 2 is 1.56 bits per heavy atom. The van der Waals surface area contributed by atoms with Crippen molar-refractivity contribution in [2.45, 2.75) is 26.0 Å². The minimum Gasteiger partial charge on any atom is -0.478 e. The zero-order valence-corrected chi connectivity index (χ0v) is 15.2. The van der Waals surface area contributed by atoms with Gasteiger partial charge in [0.2, 0.25) is 6.10 Å². The average Bonchev–Trinajstić information content (AvgIpc) is 2.67. The molecule has 0 bridgehead atoms. The van der Waals surface area contributed by atoms with Crippen LogP contribution in [0.25, 0.3) is 0 Å². The normalized spacial score (nSPS) is 18.9. The van der Waals surface area contributed by atoms with Crippen molar-refractivity contribution >= 4 is 11.6 Å². The quantitative estimate of drug-likeness (QED) is 0.614. The molecule has 1 fully saturated rings. The highest BCUT2D eigenvalue weighted by Crippen LogP contribution is 2.41. The highest BCUT2D eigenvalue weighted by Gasteiger charge is 2.51. The Morgan fingerprint density at radius 1 is 0.889 bits per heavy atom. The van der Waals surface area contributed by atoms with Gasteiger partial charge in [0, 0.05) is 5.69 Å². The van der Waals surface area contributed by atoms with Gasteiger partial charge in [-0.25, -0.2) is 4.39 Å². The summed E-state index contributed by atoms with van der Waals surface area (Å²) in [6.45, 7) is 3.98. The molecule has 0 aromatic heterocycles. The van der Waals surface area contributed by atoms with Gasteiger partial charge in [0.05, 0.1) is 0 Å². The highest BCUT2D eigenvalue weighted by atomic mass is 19.1. The summed E-state index contributed by atoms with van der Waals surface area (Å²) < 4.78 is 19.4. The Morgan fingerprint density at radius 3 is 2.22 bits per heavy atom. The van der Waals surface area contributed by atoms with E-state index in [-0.39, 0.29) is 17.8 Å².